The summed E-state index contributed by atoms with van der Waals surface area (Å²) in [5, 5.41) is 0.802. The van der Waals surface area contributed by atoms with E-state index in [1.54, 1.807) is 12.1 Å². The monoisotopic (exact) mass is 290 g/mol. The number of nitrogen functional groups attached to an aromatic ring is 1. The molecule has 0 radical (unpaired) electrons. The SMILES string of the molecule is CCCCCCOc1c(OC)c(=O)[nH]c2cc(N)ccc12. The van der Waals surface area contributed by atoms with E-state index in [9.17, 15) is 4.79 Å². The van der Waals surface area contributed by atoms with Gasteiger partial charge in [0, 0.05) is 11.1 Å². The Kier molecular flexibility index (Phi) is 5.09. The van der Waals surface area contributed by atoms with Crippen LogP contribution in [0.4, 0.5) is 5.69 Å². The number of unbranched alkanes of at least 4 members (excludes halogenated alkanes) is 3. The molecule has 2 rings (SSSR count). The van der Waals surface area contributed by atoms with E-state index in [4.69, 9.17) is 15.2 Å². The molecule has 21 heavy (non-hydrogen) atoms. The Balaban J connectivity index is 2.32. The largest absolute Gasteiger partial charge is 0.489 e. The third-order valence-corrected chi connectivity index (χ3v) is 3.40. The Morgan fingerprint density at radius 1 is 1.19 bits per heavy atom. The highest BCUT2D eigenvalue weighted by molar-refractivity contribution is 5.89. The van der Waals surface area contributed by atoms with E-state index in [-0.39, 0.29) is 11.3 Å². The lowest BCUT2D eigenvalue weighted by Crippen LogP contribution is -2.12. The van der Waals surface area contributed by atoms with Crippen LogP contribution >= 0.6 is 0 Å². The van der Waals surface area contributed by atoms with Crippen LogP contribution in [0.2, 0.25) is 0 Å². The van der Waals surface area contributed by atoms with E-state index in [2.05, 4.69) is 11.9 Å². The highest BCUT2D eigenvalue weighted by Crippen LogP contribution is 2.32. The zero-order valence-corrected chi connectivity index (χ0v) is 12.6. The smallest absolute Gasteiger partial charge is 0.294 e. The molecule has 0 unspecified atom stereocenters. The van der Waals surface area contributed by atoms with Crippen molar-refractivity contribution in [1.82, 2.24) is 4.98 Å². The molecule has 5 nitrogen and oxygen atoms in total. The van der Waals surface area contributed by atoms with Crippen molar-refractivity contribution in [3.63, 3.8) is 0 Å². The zero-order chi connectivity index (χ0) is 15.2. The third kappa shape index (κ3) is 3.48. The fourth-order valence-corrected chi connectivity index (χ4v) is 2.30. The Labute approximate surface area is 124 Å². The van der Waals surface area contributed by atoms with Gasteiger partial charge in [-0.3, -0.25) is 4.79 Å². The fourth-order valence-electron chi connectivity index (χ4n) is 2.30. The van der Waals surface area contributed by atoms with Gasteiger partial charge in [-0.1, -0.05) is 26.2 Å². The van der Waals surface area contributed by atoms with Crippen LogP contribution in [-0.2, 0) is 0 Å². The molecular formula is C16H22N2O3. The number of ether oxygens (including phenoxy) is 2. The van der Waals surface area contributed by atoms with Crippen LogP contribution in [0.1, 0.15) is 32.6 Å². The number of nitrogens with one attached hydrogen (secondary N) is 1. The fraction of sp³-hybridized carbons (Fsp3) is 0.438. The second-order valence-electron chi connectivity index (χ2n) is 5.03. The molecule has 3 N–H and O–H groups in total. The summed E-state index contributed by atoms with van der Waals surface area (Å²) in [4.78, 5) is 14.8. The molecule has 0 amide bonds. The second-order valence-corrected chi connectivity index (χ2v) is 5.03. The van der Waals surface area contributed by atoms with Crippen LogP contribution < -0.4 is 20.8 Å². The van der Waals surface area contributed by atoms with E-state index in [1.165, 1.54) is 20.0 Å². The Hall–Kier alpha value is -2.17. The normalized spacial score (nSPS) is 10.8. The number of rotatable bonds is 7. The minimum absolute atomic E-state index is 0.211. The Morgan fingerprint density at radius 2 is 2.00 bits per heavy atom. The number of H-pyrrole nitrogens is 1. The number of aromatic nitrogens is 1. The van der Waals surface area contributed by atoms with E-state index >= 15 is 0 Å². The first kappa shape index (κ1) is 15.2. The van der Waals surface area contributed by atoms with Crippen molar-refractivity contribution in [3.8, 4) is 11.5 Å². The number of aromatic amines is 1. The van der Waals surface area contributed by atoms with Crippen LogP contribution in [0.3, 0.4) is 0 Å². The molecule has 0 fully saturated rings. The molecule has 114 valence electrons. The van der Waals surface area contributed by atoms with Gasteiger partial charge in [0.1, 0.15) is 0 Å². The van der Waals surface area contributed by atoms with Crippen molar-refractivity contribution in [2.75, 3.05) is 19.5 Å². The molecule has 5 heteroatoms. The van der Waals surface area contributed by atoms with Gasteiger partial charge in [-0.2, -0.15) is 0 Å². The first-order chi connectivity index (χ1) is 10.2. The Bertz CT molecular complexity index is 664. The van der Waals surface area contributed by atoms with Gasteiger partial charge in [0.15, 0.2) is 5.75 Å². The molecule has 0 aliphatic rings. The molecule has 1 aromatic heterocycles. The van der Waals surface area contributed by atoms with Crippen molar-refractivity contribution < 1.29 is 9.47 Å². The number of fused-ring (bicyclic) bond motifs is 1. The standard InChI is InChI=1S/C16H22N2O3/c1-3-4-5-6-9-21-14-12-8-7-11(17)10-13(12)18-16(19)15(14)20-2/h7-8,10H,3-6,9,17H2,1-2H3,(H,18,19). The maximum absolute atomic E-state index is 12.0. The highest BCUT2D eigenvalue weighted by atomic mass is 16.5. The molecule has 0 bridgehead atoms. The summed E-state index contributed by atoms with van der Waals surface area (Å²) in [6.45, 7) is 2.73. The maximum atomic E-state index is 12.0. The van der Waals surface area contributed by atoms with E-state index in [1.807, 2.05) is 6.07 Å². The summed E-state index contributed by atoms with van der Waals surface area (Å²) >= 11 is 0. The number of methoxy groups -OCH3 is 1. The van der Waals surface area contributed by atoms with Crippen LogP contribution in [0.25, 0.3) is 10.9 Å². The average molecular weight is 290 g/mol. The number of benzene rings is 1. The number of anilines is 1. The molecule has 0 aliphatic heterocycles. The molecular weight excluding hydrogens is 268 g/mol. The summed E-state index contributed by atoms with van der Waals surface area (Å²) < 4.78 is 11.0. The van der Waals surface area contributed by atoms with Crippen molar-refractivity contribution >= 4 is 16.6 Å². The third-order valence-electron chi connectivity index (χ3n) is 3.40. The number of hydrogen-bond donors (Lipinski definition) is 2. The zero-order valence-electron chi connectivity index (χ0n) is 12.6. The maximum Gasteiger partial charge on any atom is 0.294 e. The summed E-state index contributed by atoms with van der Waals surface area (Å²) in [5.74, 6) is 0.704. The topological polar surface area (TPSA) is 77.3 Å². The minimum Gasteiger partial charge on any atom is -0.489 e. The van der Waals surface area contributed by atoms with Crippen molar-refractivity contribution in [1.29, 1.82) is 0 Å². The van der Waals surface area contributed by atoms with Crippen molar-refractivity contribution in [3.05, 3.63) is 28.6 Å². The van der Waals surface area contributed by atoms with Gasteiger partial charge >= 0.3 is 0 Å². The van der Waals surface area contributed by atoms with Crippen LogP contribution in [0, 0.1) is 0 Å². The van der Waals surface area contributed by atoms with Gasteiger partial charge in [0.25, 0.3) is 5.56 Å². The van der Waals surface area contributed by atoms with Gasteiger partial charge in [-0.05, 0) is 24.6 Å². The van der Waals surface area contributed by atoms with Crippen LogP contribution in [-0.4, -0.2) is 18.7 Å². The summed E-state index contributed by atoms with van der Waals surface area (Å²) in [6.07, 6.45) is 4.44. The molecule has 1 heterocycles. The number of hydrogen-bond acceptors (Lipinski definition) is 4. The van der Waals surface area contributed by atoms with Gasteiger partial charge in [0.2, 0.25) is 5.75 Å². The van der Waals surface area contributed by atoms with Gasteiger partial charge in [0.05, 0.1) is 19.2 Å². The molecule has 1 aromatic carbocycles. The molecule has 0 saturated carbocycles. The first-order valence-corrected chi connectivity index (χ1v) is 7.29. The summed E-state index contributed by atoms with van der Waals surface area (Å²) in [6, 6.07) is 5.34. The van der Waals surface area contributed by atoms with Crippen molar-refractivity contribution in [2.45, 2.75) is 32.6 Å². The summed E-state index contributed by atoms with van der Waals surface area (Å²) in [7, 11) is 1.47. The molecule has 0 aliphatic carbocycles. The second kappa shape index (κ2) is 7.02. The minimum atomic E-state index is -0.306. The average Bonchev–Trinajstić information content (AvgIpc) is 2.46. The predicted molar refractivity (Wildman–Crippen MR) is 85.2 cm³/mol. The van der Waals surface area contributed by atoms with Gasteiger partial charge in [-0.15, -0.1) is 0 Å². The molecule has 0 atom stereocenters. The van der Waals surface area contributed by atoms with Crippen LogP contribution in [0.15, 0.2) is 23.0 Å². The lowest BCUT2D eigenvalue weighted by atomic mass is 10.1. The molecule has 2 aromatic rings. The van der Waals surface area contributed by atoms with Crippen molar-refractivity contribution in [2.24, 2.45) is 0 Å². The van der Waals surface area contributed by atoms with E-state index in [0.29, 0.717) is 23.6 Å². The quantitative estimate of drug-likeness (QED) is 0.607. The van der Waals surface area contributed by atoms with Gasteiger partial charge < -0.3 is 20.2 Å². The lowest BCUT2D eigenvalue weighted by Gasteiger charge is -2.13. The molecule has 0 saturated heterocycles. The number of nitrogens with two attached hydrogens (primary N) is 1. The highest BCUT2D eigenvalue weighted by Gasteiger charge is 2.14. The Morgan fingerprint density at radius 3 is 2.71 bits per heavy atom. The van der Waals surface area contributed by atoms with Gasteiger partial charge in [-0.25, -0.2) is 0 Å². The van der Waals surface area contributed by atoms with E-state index < -0.39 is 0 Å². The van der Waals surface area contributed by atoms with Crippen LogP contribution in [0.5, 0.6) is 11.5 Å². The first-order valence-electron chi connectivity index (χ1n) is 7.29. The molecule has 0 spiro atoms. The lowest BCUT2D eigenvalue weighted by molar-refractivity contribution is 0.287. The predicted octanol–water partition coefficient (Wildman–Crippen LogP) is 3.08. The number of pyridine rings is 1. The van der Waals surface area contributed by atoms with E-state index in [0.717, 1.165) is 18.2 Å². The summed E-state index contributed by atoms with van der Waals surface area (Å²) in [5.41, 5.74) is 6.70.